The maximum Gasteiger partial charge on any atom is 0.340 e. The molecule has 0 aliphatic rings. The Morgan fingerprint density at radius 2 is 1.89 bits per heavy atom. The van der Waals surface area contributed by atoms with E-state index in [-0.39, 0.29) is 16.9 Å². The maximum absolute atomic E-state index is 14.0. The summed E-state index contributed by atoms with van der Waals surface area (Å²) in [4.78, 5) is 22.9. The minimum absolute atomic E-state index is 0.0140. The number of benzene rings is 2. The summed E-state index contributed by atoms with van der Waals surface area (Å²) in [6, 6.07) is 9.11. The van der Waals surface area contributed by atoms with E-state index in [0.29, 0.717) is 18.0 Å². The van der Waals surface area contributed by atoms with Crippen LogP contribution in [0.2, 0.25) is 0 Å². The van der Waals surface area contributed by atoms with E-state index in [9.17, 15) is 14.0 Å². The molecule has 0 bridgehead atoms. The van der Waals surface area contributed by atoms with E-state index in [4.69, 9.17) is 4.74 Å². The fraction of sp³-hybridized carbons (Fsp3) is 0.200. The van der Waals surface area contributed by atoms with Crippen LogP contribution in [0.1, 0.15) is 45.5 Å². The highest BCUT2D eigenvalue weighted by Crippen LogP contribution is 2.31. The zero-order valence-corrected chi connectivity index (χ0v) is 16.2. The van der Waals surface area contributed by atoms with Gasteiger partial charge in [0.1, 0.15) is 27.3 Å². The van der Waals surface area contributed by atoms with Gasteiger partial charge < -0.3 is 9.47 Å². The molecule has 144 valence electrons. The molecular formula is C20H17FN2O4S. The number of nitrogens with zero attached hydrogens (tertiary/aromatic N) is 2. The van der Waals surface area contributed by atoms with Gasteiger partial charge in [0.2, 0.25) is 0 Å². The van der Waals surface area contributed by atoms with E-state index in [1.807, 2.05) is 12.1 Å². The van der Waals surface area contributed by atoms with Gasteiger partial charge in [-0.2, -0.15) is 0 Å². The fourth-order valence-corrected chi connectivity index (χ4v) is 3.24. The molecule has 0 saturated carbocycles. The predicted molar refractivity (Wildman–Crippen MR) is 103 cm³/mol. The normalized spacial score (nSPS) is 10.8. The summed E-state index contributed by atoms with van der Waals surface area (Å²) in [5.74, 6) is -0.926. The SMILES string of the molecule is COC(=O)c1cc(Oc2ccc(-c3nnc(C(C)C)s3)cc2)c(C=O)cc1F. The highest BCUT2D eigenvalue weighted by Gasteiger charge is 2.18. The summed E-state index contributed by atoms with van der Waals surface area (Å²) in [6.45, 7) is 4.11. The zero-order valence-electron chi connectivity index (χ0n) is 15.4. The average molecular weight is 400 g/mol. The topological polar surface area (TPSA) is 78.4 Å². The number of hydrogen-bond donors (Lipinski definition) is 0. The van der Waals surface area contributed by atoms with Crippen molar-refractivity contribution in [3.8, 4) is 22.1 Å². The highest BCUT2D eigenvalue weighted by molar-refractivity contribution is 7.14. The number of hydrogen-bond acceptors (Lipinski definition) is 7. The summed E-state index contributed by atoms with van der Waals surface area (Å²) in [6.07, 6.45) is 0.461. The van der Waals surface area contributed by atoms with Crippen LogP contribution in [0.15, 0.2) is 36.4 Å². The summed E-state index contributed by atoms with van der Waals surface area (Å²) in [5, 5.41) is 10.1. The summed E-state index contributed by atoms with van der Waals surface area (Å²) >= 11 is 1.52. The lowest BCUT2D eigenvalue weighted by Gasteiger charge is -2.10. The van der Waals surface area contributed by atoms with Gasteiger partial charge in [-0.1, -0.05) is 25.2 Å². The van der Waals surface area contributed by atoms with Crippen molar-refractivity contribution in [3.63, 3.8) is 0 Å². The van der Waals surface area contributed by atoms with Crippen molar-refractivity contribution < 1.29 is 23.5 Å². The van der Waals surface area contributed by atoms with E-state index in [1.54, 1.807) is 12.1 Å². The Morgan fingerprint density at radius 3 is 2.46 bits per heavy atom. The maximum atomic E-state index is 14.0. The number of aromatic nitrogens is 2. The van der Waals surface area contributed by atoms with Crippen molar-refractivity contribution in [2.24, 2.45) is 0 Å². The molecule has 0 unspecified atom stereocenters. The van der Waals surface area contributed by atoms with Crippen LogP contribution in [-0.2, 0) is 4.74 Å². The van der Waals surface area contributed by atoms with Gasteiger partial charge in [0, 0.05) is 11.5 Å². The second kappa shape index (κ2) is 8.26. The molecule has 8 heteroatoms. The van der Waals surface area contributed by atoms with Crippen LogP contribution < -0.4 is 4.74 Å². The third kappa shape index (κ3) is 4.07. The number of carbonyl (C=O) groups excluding carboxylic acids is 2. The molecule has 2 aromatic carbocycles. The van der Waals surface area contributed by atoms with E-state index in [2.05, 4.69) is 28.8 Å². The molecular weight excluding hydrogens is 383 g/mol. The number of rotatable bonds is 6. The summed E-state index contributed by atoms with van der Waals surface area (Å²) in [7, 11) is 1.15. The Hall–Kier alpha value is -3.13. The predicted octanol–water partition coefficient (Wildman–Crippen LogP) is 4.86. The van der Waals surface area contributed by atoms with Crippen LogP contribution in [-0.4, -0.2) is 29.6 Å². The van der Waals surface area contributed by atoms with Gasteiger partial charge >= 0.3 is 5.97 Å². The van der Waals surface area contributed by atoms with Gasteiger partial charge in [0.15, 0.2) is 6.29 Å². The molecule has 0 aliphatic heterocycles. The third-order valence-electron chi connectivity index (χ3n) is 3.90. The third-order valence-corrected chi connectivity index (χ3v) is 5.17. The number of methoxy groups -OCH3 is 1. The number of halogens is 1. The standard InChI is InChI=1S/C20H17FN2O4S/c1-11(2)18-22-23-19(28-18)12-4-6-14(7-5-12)27-17-9-15(20(25)26-3)16(21)8-13(17)10-24/h4-11H,1-3H3. The highest BCUT2D eigenvalue weighted by atomic mass is 32.1. The van der Waals surface area contributed by atoms with Crippen molar-refractivity contribution in [1.29, 1.82) is 0 Å². The Kier molecular flexibility index (Phi) is 5.79. The number of ether oxygens (including phenoxy) is 2. The summed E-state index contributed by atoms with van der Waals surface area (Å²) in [5.41, 5.74) is 0.552. The largest absolute Gasteiger partial charge is 0.465 e. The minimum Gasteiger partial charge on any atom is -0.465 e. The molecule has 6 nitrogen and oxygen atoms in total. The van der Waals surface area contributed by atoms with Gasteiger partial charge in [0.05, 0.1) is 18.2 Å². The lowest BCUT2D eigenvalue weighted by molar-refractivity contribution is 0.0594. The Morgan fingerprint density at radius 1 is 1.18 bits per heavy atom. The fourth-order valence-electron chi connectivity index (χ4n) is 2.39. The molecule has 0 saturated heterocycles. The molecule has 3 rings (SSSR count). The van der Waals surface area contributed by atoms with Gasteiger partial charge in [-0.3, -0.25) is 4.79 Å². The first-order valence-electron chi connectivity index (χ1n) is 8.41. The molecule has 0 radical (unpaired) electrons. The molecule has 28 heavy (non-hydrogen) atoms. The van der Waals surface area contributed by atoms with E-state index >= 15 is 0 Å². The van der Waals surface area contributed by atoms with E-state index in [0.717, 1.165) is 34.8 Å². The Bertz CT molecular complexity index is 1020. The molecule has 0 fully saturated rings. The van der Waals surface area contributed by atoms with Crippen LogP contribution >= 0.6 is 11.3 Å². The molecule has 0 N–H and O–H groups in total. The van der Waals surface area contributed by atoms with E-state index in [1.165, 1.54) is 11.3 Å². The molecule has 0 atom stereocenters. The van der Waals surface area contributed by atoms with Crippen LogP contribution in [0, 0.1) is 5.82 Å². The second-order valence-electron chi connectivity index (χ2n) is 6.21. The molecule has 0 spiro atoms. The van der Waals surface area contributed by atoms with Gasteiger partial charge in [-0.15, -0.1) is 10.2 Å². The van der Waals surface area contributed by atoms with Crippen molar-refractivity contribution in [1.82, 2.24) is 10.2 Å². The lowest BCUT2D eigenvalue weighted by atomic mass is 10.1. The molecule has 0 aliphatic carbocycles. The number of aldehydes is 1. The van der Waals surface area contributed by atoms with Crippen LogP contribution in [0.25, 0.3) is 10.6 Å². The molecule has 1 heterocycles. The first-order valence-corrected chi connectivity index (χ1v) is 9.23. The van der Waals surface area contributed by atoms with Crippen molar-refractivity contribution in [2.45, 2.75) is 19.8 Å². The van der Waals surface area contributed by atoms with Crippen LogP contribution in [0.3, 0.4) is 0 Å². The van der Waals surface area contributed by atoms with Crippen molar-refractivity contribution >= 4 is 23.6 Å². The van der Waals surface area contributed by atoms with Crippen LogP contribution in [0.4, 0.5) is 4.39 Å². The summed E-state index contributed by atoms with van der Waals surface area (Å²) < 4.78 is 24.2. The minimum atomic E-state index is -0.854. The quantitative estimate of drug-likeness (QED) is 0.434. The first kappa shape index (κ1) is 19.6. The number of esters is 1. The molecule has 0 amide bonds. The average Bonchev–Trinajstić information content (AvgIpc) is 3.19. The first-order chi connectivity index (χ1) is 13.4. The van der Waals surface area contributed by atoms with Gasteiger partial charge in [-0.25, -0.2) is 9.18 Å². The number of carbonyl (C=O) groups is 2. The Balaban J connectivity index is 1.87. The van der Waals surface area contributed by atoms with Gasteiger partial charge in [0.25, 0.3) is 0 Å². The van der Waals surface area contributed by atoms with Gasteiger partial charge in [-0.05, 0) is 36.4 Å². The zero-order chi connectivity index (χ0) is 20.3. The molecule has 3 aromatic rings. The van der Waals surface area contributed by atoms with Crippen molar-refractivity contribution in [3.05, 3.63) is 58.3 Å². The second-order valence-corrected chi connectivity index (χ2v) is 7.22. The van der Waals surface area contributed by atoms with Crippen LogP contribution in [0.5, 0.6) is 11.5 Å². The van der Waals surface area contributed by atoms with E-state index < -0.39 is 11.8 Å². The van der Waals surface area contributed by atoms with Crippen molar-refractivity contribution in [2.75, 3.05) is 7.11 Å². The molecule has 1 aromatic heterocycles. The lowest BCUT2D eigenvalue weighted by Crippen LogP contribution is -2.06. The smallest absolute Gasteiger partial charge is 0.340 e. The monoisotopic (exact) mass is 400 g/mol. The Labute approximate surface area is 164 Å².